The highest BCUT2D eigenvalue weighted by atomic mass is 16.6. The average Bonchev–Trinajstić information content (AvgIpc) is 3.37. The molecule has 0 aliphatic heterocycles. The minimum atomic E-state index is -0.869. The molecule has 0 saturated carbocycles. The Hall–Kier alpha value is -4.71. The molecule has 0 heterocycles. The van der Waals surface area contributed by atoms with Crippen LogP contribution in [0.3, 0.4) is 0 Å². The molecule has 398 valence electrons. The summed E-state index contributed by atoms with van der Waals surface area (Å²) in [5.41, 5.74) is 0. The lowest BCUT2D eigenvalue weighted by molar-refractivity contribution is -0.166. The third kappa shape index (κ3) is 56.1. The molecule has 0 aliphatic rings. The van der Waals surface area contributed by atoms with Crippen LogP contribution in [-0.2, 0) is 28.6 Å². The van der Waals surface area contributed by atoms with E-state index in [1.54, 1.807) is 6.08 Å². The van der Waals surface area contributed by atoms with Gasteiger partial charge in [0.2, 0.25) is 0 Å². The van der Waals surface area contributed by atoms with E-state index in [0.29, 0.717) is 19.3 Å². The molecule has 1 atom stereocenters. The zero-order valence-electron chi connectivity index (χ0n) is 45.4. The van der Waals surface area contributed by atoms with Crippen molar-refractivity contribution in [3.8, 4) is 0 Å². The van der Waals surface area contributed by atoms with Crippen molar-refractivity contribution >= 4 is 17.9 Å². The van der Waals surface area contributed by atoms with Gasteiger partial charge < -0.3 is 14.2 Å². The van der Waals surface area contributed by atoms with E-state index in [4.69, 9.17) is 14.2 Å². The Morgan fingerprint density at radius 3 is 1.01 bits per heavy atom. The number of unbranched alkanes of at least 4 members (excludes halogenated alkanes) is 15. The minimum absolute atomic E-state index is 0.0750. The normalized spacial score (nSPS) is 13.2. The molecule has 0 spiro atoms. The standard InChI is InChI=1S/C65H102O6/c1-4-7-10-13-16-19-22-25-27-28-29-30-31-32-33-34-35-36-38-40-43-46-49-52-55-58-64(67)70-61-62(60-69-63(66)57-54-51-48-45-42-39-24-21-18-15-12-9-6-3)71-65(68)59-56-53-50-47-44-41-37-26-23-20-17-14-11-8-5-2/h8-9,11-12,17-18,20-22,25-26,28-29,31-32,37,39,42,44,47-48,51,53,56,62H,4-7,10,13-16,19,23-24,27,30,33-36,38,40-41,43,45-46,49-50,52,54-55,57-61H2,1-3H3/b11-8-,12-9-,20-17-,21-18-,25-22-,29-28-,32-31-,37-26-,42-39-,47-44-,51-48-,56-53-. The van der Waals surface area contributed by atoms with Crippen molar-refractivity contribution in [1.29, 1.82) is 0 Å². The SMILES string of the molecule is CC/C=C\C/C=C\C/C=C\C/C=C\C/C=C\CC(=O)OC(COC(=O)CC/C=C\C/C=C\C/C=C\C/C=C\CC)COC(=O)CCCCCCCCCCCC/C=C\C/C=C\C/C=C\CCCCCCC. The number of hydrogen-bond acceptors (Lipinski definition) is 6. The number of esters is 3. The molecule has 0 rings (SSSR count). The molecule has 71 heavy (non-hydrogen) atoms. The van der Waals surface area contributed by atoms with Gasteiger partial charge in [-0.25, -0.2) is 0 Å². The highest BCUT2D eigenvalue weighted by Crippen LogP contribution is 2.13. The van der Waals surface area contributed by atoms with Gasteiger partial charge >= 0.3 is 17.9 Å². The largest absolute Gasteiger partial charge is 0.462 e. The van der Waals surface area contributed by atoms with Crippen molar-refractivity contribution in [2.75, 3.05) is 13.2 Å². The van der Waals surface area contributed by atoms with Gasteiger partial charge in [-0.05, 0) is 109 Å². The highest BCUT2D eigenvalue weighted by molar-refractivity contribution is 5.72. The second-order valence-electron chi connectivity index (χ2n) is 18.1. The van der Waals surface area contributed by atoms with Crippen LogP contribution in [0.25, 0.3) is 0 Å². The van der Waals surface area contributed by atoms with Crippen LogP contribution in [0.1, 0.15) is 226 Å². The highest BCUT2D eigenvalue weighted by Gasteiger charge is 2.19. The number of carbonyl (C=O) groups excluding carboxylic acids is 3. The first-order valence-corrected chi connectivity index (χ1v) is 28.3. The average molecular weight is 980 g/mol. The van der Waals surface area contributed by atoms with Crippen molar-refractivity contribution in [2.24, 2.45) is 0 Å². The van der Waals surface area contributed by atoms with Crippen LogP contribution in [0.2, 0.25) is 0 Å². The summed E-state index contributed by atoms with van der Waals surface area (Å²) in [6, 6.07) is 0. The molecule has 0 saturated heterocycles. The van der Waals surface area contributed by atoms with E-state index in [1.807, 2.05) is 18.2 Å². The molecule has 0 amide bonds. The molecule has 6 heteroatoms. The number of hydrogen-bond donors (Lipinski definition) is 0. The zero-order chi connectivity index (χ0) is 51.4. The van der Waals surface area contributed by atoms with Crippen LogP contribution < -0.4 is 0 Å². The Morgan fingerprint density at radius 1 is 0.310 bits per heavy atom. The summed E-state index contributed by atoms with van der Waals surface area (Å²) in [6.45, 7) is 6.23. The molecular weight excluding hydrogens is 877 g/mol. The second kappa shape index (κ2) is 57.9. The molecule has 0 radical (unpaired) electrons. The topological polar surface area (TPSA) is 78.9 Å². The van der Waals surface area contributed by atoms with Gasteiger partial charge in [-0.1, -0.05) is 244 Å². The van der Waals surface area contributed by atoms with E-state index in [-0.39, 0.29) is 38.0 Å². The third-order valence-corrected chi connectivity index (χ3v) is 11.4. The van der Waals surface area contributed by atoms with E-state index in [9.17, 15) is 14.4 Å². The quantitative estimate of drug-likeness (QED) is 0.0262. The molecular formula is C65H102O6. The van der Waals surface area contributed by atoms with Gasteiger partial charge in [0, 0.05) is 12.8 Å². The molecule has 0 fully saturated rings. The first-order chi connectivity index (χ1) is 35.0. The Bertz CT molecular complexity index is 1590. The van der Waals surface area contributed by atoms with Crippen molar-refractivity contribution in [3.63, 3.8) is 0 Å². The van der Waals surface area contributed by atoms with E-state index in [0.717, 1.165) is 83.5 Å². The summed E-state index contributed by atoms with van der Waals surface area (Å²) in [5.74, 6) is -1.17. The summed E-state index contributed by atoms with van der Waals surface area (Å²) in [5, 5.41) is 0. The van der Waals surface area contributed by atoms with Crippen LogP contribution in [0, 0.1) is 0 Å². The van der Waals surface area contributed by atoms with Crippen LogP contribution in [0.5, 0.6) is 0 Å². The van der Waals surface area contributed by atoms with Gasteiger partial charge in [0.05, 0.1) is 6.42 Å². The van der Waals surface area contributed by atoms with Crippen LogP contribution in [0.15, 0.2) is 146 Å². The van der Waals surface area contributed by atoms with Gasteiger partial charge in [-0.2, -0.15) is 0 Å². The lowest BCUT2D eigenvalue weighted by Gasteiger charge is -2.18. The summed E-state index contributed by atoms with van der Waals surface area (Å²) in [6.07, 6.45) is 83.2. The summed E-state index contributed by atoms with van der Waals surface area (Å²) in [7, 11) is 0. The van der Waals surface area contributed by atoms with E-state index >= 15 is 0 Å². The van der Waals surface area contributed by atoms with Crippen molar-refractivity contribution in [3.05, 3.63) is 146 Å². The summed E-state index contributed by atoms with van der Waals surface area (Å²) in [4.78, 5) is 38.0. The number of rotatable bonds is 49. The van der Waals surface area contributed by atoms with Crippen LogP contribution >= 0.6 is 0 Å². The Labute approximate surface area is 436 Å². The number of carbonyl (C=O) groups is 3. The van der Waals surface area contributed by atoms with Gasteiger partial charge in [0.25, 0.3) is 0 Å². The lowest BCUT2D eigenvalue weighted by Crippen LogP contribution is -2.30. The van der Waals surface area contributed by atoms with Crippen molar-refractivity contribution in [2.45, 2.75) is 232 Å². The Balaban J connectivity index is 4.47. The fraction of sp³-hybridized carbons (Fsp3) is 0.585. The van der Waals surface area contributed by atoms with E-state index < -0.39 is 12.1 Å². The number of allylic oxidation sites excluding steroid dienone is 23. The van der Waals surface area contributed by atoms with Crippen molar-refractivity contribution < 1.29 is 28.6 Å². The summed E-state index contributed by atoms with van der Waals surface area (Å²) < 4.78 is 16.6. The molecule has 0 N–H and O–H groups in total. The van der Waals surface area contributed by atoms with Gasteiger partial charge in [-0.15, -0.1) is 0 Å². The Kier molecular flexibility index (Phi) is 54.0. The van der Waals surface area contributed by atoms with Gasteiger partial charge in [0.1, 0.15) is 13.2 Å². The first-order valence-electron chi connectivity index (χ1n) is 28.3. The monoisotopic (exact) mass is 979 g/mol. The molecule has 1 unspecified atom stereocenters. The maximum atomic E-state index is 12.8. The third-order valence-electron chi connectivity index (χ3n) is 11.4. The predicted octanol–water partition coefficient (Wildman–Crippen LogP) is 19.2. The fourth-order valence-corrected chi connectivity index (χ4v) is 7.18. The first kappa shape index (κ1) is 66.3. The maximum absolute atomic E-state index is 12.8. The molecule has 0 aromatic heterocycles. The van der Waals surface area contributed by atoms with Gasteiger partial charge in [0.15, 0.2) is 6.10 Å². The molecule has 0 aliphatic carbocycles. The number of ether oxygens (including phenoxy) is 3. The van der Waals surface area contributed by atoms with E-state index in [2.05, 4.69) is 142 Å². The smallest absolute Gasteiger partial charge is 0.310 e. The maximum Gasteiger partial charge on any atom is 0.310 e. The molecule has 0 aromatic rings. The van der Waals surface area contributed by atoms with Crippen LogP contribution in [0.4, 0.5) is 0 Å². The summed E-state index contributed by atoms with van der Waals surface area (Å²) >= 11 is 0. The lowest BCUT2D eigenvalue weighted by atomic mass is 10.1. The van der Waals surface area contributed by atoms with Gasteiger partial charge in [-0.3, -0.25) is 14.4 Å². The predicted molar refractivity (Wildman–Crippen MR) is 306 cm³/mol. The molecule has 0 bridgehead atoms. The fourth-order valence-electron chi connectivity index (χ4n) is 7.18. The molecule has 6 nitrogen and oxygen atoms in total. The van der Waals surface area contributed by atoms with E-state index in [1.165, 1.54) is 89.9 Å². The minimum Gasteiger partial charge on any atom is -0.462 e. The molecule has 0 aromatic carbocycles. The van der Waals surface area contributed by atoms with Crippen LogP contribution in [-0.4, -0.2) is 37.2 Å². The van der Waals surface area contributed by atoms with Crippen molar-refractivity contribution in [1.82, 2.24) is 0 Å². The second-order valence-corrected chi connectivity index (χ2v) is 18.1. The zero-order valence-corrected chi connectivity index (χ0v) is 45.4. The Morgan fingerprint density at radius 2 is 0.620 bits per heavy atom.